The second-order valence-electron chi connectivity index (χ2n) is 11.5. The molecule has 4 aliphatic rings. The zero-order valence-electron chi connectivity index (χ0n) is 22.2. The highest BCUT2D eigenvalue weighted by atomic mass is 16.5. The minimum Gasteiger partial charge on any atom is -0.504 e. The van der Waals surface area contributed by atoms with E-state index in [0.29, 0.717) is 12.2 Å². The van der Waals surface area contributed by atoms with Gasteiger partial charge in [-0.1, -0.05) is 36.4 Å². The van der Waals surface area contributed by atoms with Gasteiger partial charge in [0, 0.05) is 44.3 Å². The third kappa shape index (κ3) is 2.99. The van der Waals surface area contributed by atoms with E-state index in [2.05, 4.69) is 47.8 Å². The van der Waals surface area contributed by atoms with Gasteiger partial charge in [-0.15, -0.1) is 0 Å². The molecule has 3 heterocycles. The number of likely N-dealkylation sites (N-methyl/N-ethyl adjacent to an activating group) is 1. The molecule has 3 aromatic rings. The number of allylic oxidation sites excluding steroid dienone is 1. The van der Waals surface area contributed by atoms with Crippen molar-refractivity contribution in [3.63, 3.8) is 0 Å². The van der Waals surface area contributed by atoms with Crippen LogP contribution in [0.1, 0.15) is 52.6 Å². The predicted octanol–water partition coefficient (Wildman–Crippen LogP) is 4.52. The average Bonchev–Trinajstić information content (AvgIpc) is 3.44. The Morgan fingerprint density at radius 1 is 1.18 bits per heavy atom. The molecule has 1 N–H and O–H groups in total. The molecule has 1 fully saturated rings. The molecule has 38 heavy (non-hydrogen) atoms. The van der Waals surface area contributed by atoms with E-state index >= 15 is 0 Å². The number of carbonyl (C=O) groups excluding carboxylic acids is 1. The number of benzene rings is 2. The van der Waals surface area contributed by atoms with Gasteiger partial charge in [0.15, 0.2) is 23.4 Å². The van der Waals surface area contributed by atoms with E-state index in [9.17, 15) is 9.90 Å². The fourth-order valence-electron chi connectivity index (χ4n) is 8.09. The van der Waals surface area contributed by atoms with Gasteiger partial charge in [0.25, 0.3) is 0 Å². The molecule has 1 spiro atoms. The van der Waals surface area contributed by atoms with Crippen molar-refractivity contribution in [3.05, 3.63) is 88.2 Å². The van der Waals surface area contributed by atoms with E-state index in [1.165, 1.54) is 16.7 Å². The van der Waals surface area contributed by atoms with Crippen molar-refractivity contribution in [1.29, 1.82) is 0 Å². The standard InChI is InChI=1S/C32H34N2O4/c1-33-16-15-31-27-21-10-14-25(36)29(27)38-30(31)28-22(19-32(31,37-3)26(33)18-21)17-23(34(28)2)11-13-24(35)12-9-20-7-5-4-6-8-20/h4-8,10-11,13-14,17,26,30,36H,9,12,15-16,18-19H2,1-3H3/b13-11+/t26-,30-,31-,32+/m0/s1. The summed E-state index contributed by atoms with van der Waals surface area (Å²) in [6.07, 6.45) is 7.15. The molecular weight excluding hydrogens is 476 g/mol. The Morgan fingerprint density at radius 2 is 2.00 bits per heavy atom. The van der Waals surface area contributed by atoms with Gasteiger partial charge in [-0.2, -0.15) is 0 Å². The molecule has 1 saturated heterocycles. The van der Waals surface area contributed by atoms with Crippen molar-refractivity contribution in [2.45, 2.75) is 55.3 Å². The zero-order valence-corrected chi connectivity index (χ0v) is 22.2. The number of ether oxygens (including phenoxy) is 2. The van der Waals surface area contributed by atoms with Crippen LogP contribution in [0.2, 0.25) is 0 Å². The van der Waals surface area contributed by atoms with Crippen LogP contribution in [0.25, 0.3) is 6.08 Å². The van der Waals surface area contributed by atoms with Gasteiger partial charge in [-0.3, -0.25) is 4.79 Å². The van der Waals surface area contributed by atoms with Crippen molar-refractivity contribution in [2.75, 3.05) is 20.7 Å². The number of aryl methyl sites for hydroxylation is 1. The summed E-state index contributed by atoms with van der Waals surface area (Å²) in [6.45, 7) is 0.951. The van der Waals surface area contributed by atoms with E-state index < -0.39 is 5.60 Å². The lowest BCUT2D eigenvalue weighted by atomic mass is 9.49. The lowest BCUT2D eigenvalue weighted by molar-refractivity contribution is -0.186. The number of hydrogen-bond acceptors (Lipinski definition) is 5. The first-order valence-electron chi connectivity index (χ1n) is 13.6. The van der Waals surface area contributed by atoms with Gasteiger partial charge in [-0.05, 0) is 73.8 Å². The van der Waals surface area contributed by atoms with Crippen LogP contribution in [-0.4, -0.2) is 52.7 Å². The maximum absolute atomic E-state index is 12.7. The van der Waals surface area contributed by atoms with Crippen molar-refractivity contribution < 1.29 is 19.4 Å². The number of rotatable bonds is 6. The summed E-state index contributed by atoms with van der Waals surface area (Å²) in [6, 6.07) is 16.4. The number of phenols is 1. The number of likely N-dealkylation sites (tertiary alicyclic amines) is 1. The Kier molecular flexibility index (Phi) is 5.20. The van der Waals surface area contributed by atoms with Gasteiger partial charge >= 0.3 is 0 Å². The summed E-state index contributed by atoms with van der Waals surface area (Å²) in [5, 5.41) is 10.9. The van der Waals surface area contributed by atoms with Crippen LogP contribution < -0.4 is 4.74 Å². The Labute approximate surface area is 223 Å². The molecule has 6 nitrogen and oxygen atoms in total. The lowest BCUT2D eigenvalue weighted by Gasteiger charge is -2.63. The molecule has 2 aromatic carbocycles. The van der Waals surface area contributed by atoms with E-state index in [-0.39, 0.29) is 29.1 Å². The minimum atomic E-state index is -0.461. The minimum absolute atomic E-state index is 0.116. The first-order valence-corrected chi connectivity index (χ1v) is 13.6. The molecular formula is C32H34N2O4. The number of ketones is 1. The van der Waals surface area contributed by atoms with E-state index in [1.807, 2.05) is 31.4 Å². The maximum Gasteiger partial charge on any atom is 0.166 e. The third-order valence-corrected chi connectivity index (χ3v) is 9.86. The average molecular weight is 511 g/mol. The van der Waals surface area contributed by atoms with Crippen molar-refractivity contribution in [3.8, 4) is 11.5 Å². The van der Waals surface area contributed by atoms with E-state index in [0.717, 1.165) is 49.2 Å². The largest absolute Gasteiger partial charge is 0.504 e. The summed E-state index contributed by atoms with van der Waals surface area (Å²) < 4.78 is 15.5. The zero-order chi connectivity index (χ0) is 26.2. The summed E-state index contributed by atoms with van der Waals surface area (Å²) in [7, 11) is 6.10. The summed E-state index contributed by atoms with van der Waals surface area (Å²) >= 11 is 0. The van der Waals surface area contributed by atoms with Gasteiger partial charge < -0.3 is 24.0 Å². The third-order valence-electron chi connectivity index (χ3n) is 9.86. The van der Waals surface area contributed by atoms with Crippen molar-refractivity contribution in [2.24, 2.45) is 7.05 Å². The number of nitrogens with zero attached hydrogens (tertiary/aromatic N) is 2. The van der Waals surface area contributed by atoms with Crippen LogP contribution in [0.3, 0.4) is 0 Å². The highest BCUT2D eigenvalue weighted by Crippen LogP contribution is 2.69. The van der Waals surface area contributed by atoms with Gasteiger partial charge in [0.05, 0.1) is 11.1 Å². The number of carbonyl (C=O) groups is 1. The van der Waals surface area contributed by atoms with E-state index in [1.54, 1.807) is 12.1 Å². The fourth-order valence-corrected chi connectivity index (χ4v) is 8.09. The highest BCUT2D eigenvalue weighted by Gasteiger charge is 2.73. The SMILES string of the molecule is CO[C@@]12Cc3cc(/C=C/C(=O)CCc4ccccc4)n(C)c3[C@@H]3Oc4c(O)ccc5c4[C@@]31CCN(C)[C@H]2C5. The first kappa shape index (κ1) is 23.7. The molecule has 6 heteroatoms. The van der Waals surface area contributed by atoms with Gasteiger partial charge in [0.1, 0.15) is 5.60 Å². The molecule has 2 bridgehead atoms. The molecule has 1 aromatic heterocycles. The van der Waals surface area contributed by atoms with Crippen LogP contribution in [0, 0.1) is 0 Å². The number of phenolic OH excluding ortho intramolecular Hbond substituents is 1. The number of aromatic nitrogens is 1. The van der Waals surface area contributed by atoms with Crippen LogP contribution in [-0.2, 0) is 41.3 Å². The molecule has 7 rings (SSSR count). The first-order chi connectivity index (χ1) is 18.4. The Bertz CT molecular complexity index is 1470. The Morgan fingerprint density at radius 3 is 2.79 bits per heavy atom. The maximum atomic E-state index is 12.7. The van der Waals surface area contributed by atoms with Crippen LogP contribution in [0.4, 0.5) is 0 Å². The molecule has 0 amide bonds. The van der Waals surface area contributed by atoms with Gasteiger partial charge in [-0.25, -0.2) is 0 Å². The quantitative estimate of drug-likeness (QED) is 0.494. The van der Waals surface area contributed by atoms with Crippen molar-refractivity contribution in [1.82, 2.24) is 9.47 Å². The van der Waals surface area contributed by atoms with Crippen LogP contribution in [0.5, 0.6) is 11.5 Å². The lowest BCUT2D eigenvalue weighted by Crippen LogP contribution is -2.74. The smallest absolute Gasteiger partial charge is 0.166 e. The number of piperidine rings is 1. The predicted molar refractivity (Wildman–Crippen MR) is 146 cm³/mol. The summed E-state index contributed by atoms with van der Waals surface area (Å²) in [5.41, 5.74) is 6.05. The number of hydrogen-bond donors (Lipinski definition) is 1. The highest BCUT2D eigenvalue weighted by molar-refractivity contribution is 5.93. The number of fused-ring (bicyclic) bond motifs is 2. The molecule has 0 saturated carbocycles. The molecule has 4 atom stereocenters. The molecule has 196 valence electrons. The van der Waals surface area contributed by atoms with Crippen LogP contribution in [0.15, 0.2) is 54.6 Å². The van der Waals surface area contributed by atoms with E-state index in [4.69, 9.17) is 9.47 Å². The Balaban J connectivity index is 1.29. The summed E-state index contributed by atoms with van der Waals surface area (Å²) in [4.78, 5) is 15.2. The second-order valence-corrected chi connectivity index (χ2v) is 11.5. The van der Waals surface area contributed by atoms with Crippen molar-refractivity contribution >= 4 is 11.9 Å². The second kappa shape index (κ2) is 8.32. The molecule has 2 aliphatic carbocycles. The topological polar surface area (TPSA) is 63.9 Å². The summed E-state index contributed by atoms with van der Waals surface area (Å²) in [5.74, 6) is 0.944. The molecule has 0 unspecified atom stereocenters. The molecule has 2 aliphatic heterocycles. The molecule has 0 radical (unpaired) electrons. The number of methoxy groups -OCH3 is 1. The van der Waals surface area contributed by atoms with Crippen LogP contribution >= 0.6 is 0 Å². The van der Waals surface area contributed by atoms with Gasteiger partial charge in [0.2, 0.25) is 0 Å². The fraction of sp³-hybridized carbons (Fsp3) is 0.406. The normalized spacial score (nSPS) is 28.7. The number of aromatic hydroxyl groups is 1. The Hall–Kier alpha value is -3.35. The monoisotopic (exact) mass is 510 g/mol.